The van der Waals surface area contributed by atoms with Crippen LogP contribution in [-0.2, 0) is 0 Å². The van der Waals surface area contributed by atoms with E-state index in [0.717, 1.165) is 0 Å². The molecule has 1 amide bonds. The second-order valence-corrected chi connectivity index (χ2v) is 4.08. The first-order valence-electron chi connectivity index (χ1n) is 4.53. The number of nitrogens with one attached hydrogen (secondary N) is 1. The summed E-state index contributed by atoms with van der Waals surface area (Å²) in [5.74, 6) is -1.30. The average molecular weight is 266 g/mol. The molecular formula is C9H9F3N2O2S. The molecule has 94 valence electrons. The van der Waals surface area contributed by atoms with Gasteiger partial charge in [0.2, 0.25) is 0 Å². The molecular weight excluding hydrogens is 257 g/mol. The number of hydrogen-bond acceptors (Lipinski definition) is 4. The van der Waals surface area contributed by atoms with Crippen LogP contribution >= 0.6 is 11.8 Å². The lowest BCUT2D eigenvalue weighted by Crippen LogP contribution is -2.27. The van der Waals surface area contributed by atoms with Crippen molar-refractivity contribution in [2.75, 3.05) is 12.3 Å². The van der Waals surface area contributed by atoms with Crippen molar-refractivity contribution < 1.29 is 23.1 Å². The summed E-state index contributed by atoms with van der Waals surface area (Å²) in [5.41, 5.74) is -4.51. The van der Waals surface area contributed by atoms with Crippen molar-refractivity contribution in [2.45, 2.75) is 5.51 Å². The lowest BCUT2D eigenvalue weighted by atomic mass is 10.3. The first-order valence-corrected chi connectivity index (χ1v) is 5.51. The topological polar surface area (TPSA) is 62.2 Å². The van der Waals surface area contributed by atoms with Crippen molar-refractivity contribution in [3.05, 3.63) is 24.0 Å². The summed E-state index contributed by atoms with van der Waals surface area (Å²) in [5, 5.41) is 11.5. The quantitative estimate of drug-likeness (QED) is 0.815. The number of rotatable bonds is 4. The molecule has 2 N–H and O–H groups in total. The van der Waals surface area contributed by atoms with E-state index >= 15 is 0 Å². The largest absolute Gasteiger partial charge is 0.505 e. The number of thioether (sulfide) groups is 1. The van der Waals surface area contributed by atoms with Crippen molar-refractivity contribution in [3.8, 4) is 5.75 Å². The molecule has 0 atom stereocenters. The van der Waals surface area contributed by atoms with Crippen LogP contribution in [0.2, 0.25) is 0 Å². The van der Waals surface area contributed by atoms with Crippen LogP contribution in [0.15, 0.2) is 18.3 Å². The number of halogens is 3. The van der Waals surface area contributed by atoms with Gasteiger partial charge in [-0.1, -0.05) is 0 Å². The fourth-order valence-electron chi connectivity index (χ4n) is 0.987. The van der Waals surface area contributed by atoms with Gasteiger partial charge in [0, 0.05) is 18.5 Å². The maximum absolute atomic E-state index is 11.8. The number of aromatic nitrogens is 1. The first kappa shape index (κ1) is 13.6. The van der Waals surface area contributed by atoms with Gasteiger partial charge < -0.3 is 10.4 Å². The normalized spacial score (nSPS) is 11.2. The molecule has 0 saturated carbocycles. The van der Waals surface area contributed by atoms with Crippen molar-refractivity contribution in [2.24, 2.45) is 0 Å². The van der Waals surface area contributed by atoms with Gasteiger partial charge in [-0.15, -0.1) is 0 Å². The Bertz CT molecular complexity index is 398. The minimum absolute atomic E-state index is 0.154. The van der Waals surface area contributed by atoms with E-state index in [1.807, 2.05) is 0 Å². The highest BCUT2D eigenvalue weighted by molar-refractivity contribution is 8.00. The fraction of sp³-hybridized carbons (Fsp3) is 0.333. The van der Waals surface area contributed by atoms with E-state index in [0.29, 0.717) is 0 Å². The van der Waals surface area contributed by atoms with Crippen LogP contribution in [0.1, 0.15) is 10.5 Å². The highest BCUT2D eigenvalue weighted by Crippen LogP contribution is 2.29. The van der Waals surface area contributed by atoms with E-state index in [9.17, 15) is 23.1 Å². The maximum atomic E-state index is 11.8. The predicted octanol–water partition coefficient (Wildman–Crippen LogP) is 1.77. The zero-order valence-electron chi connectivity index (χ0n) is 8.49. The Morgan fingerprint density at radius 3 is 2.82 bits per heavy atom. The van der Waals surface area contributed by atoms with Crippen LogP contribution in [0.4, 0.5) is 13.2 Å². The van der Waals surface area contributed by atoms with E-state index < -0.39 is 11.4 Å². The van der Waals surface area contributed by atoms with Crippen LogP contribution in [0, 0.1) is 0 Å². The van der Waals surface area contributed by atoms with Crippen molar-refractivity contribution in [1.29, 1.82) is 0 Å². The molecule has 0 spiro atoms. The molecule has 4 nitrogen and oxygen atoms in total. The molecule has 0 unspecified atom stereocenters. The molecule has 1 aromatic heterocycles. The number of carbonyl (C=O) groups excluding carboxylic acids is 1. The molecule has 0 bridgehead atoms. The summed E-state index contributed by atoms with van der Waals surface area (Å²) >= 11 is -0.223. The summed E-state index contributed by atoms with van der Waals surface area (Å²) in [6.07, 6.45) is 1.30. The van der Waals surface area contributed by atoms with Crippen molar-refractivity contribution >= 4 is 17.7 Å². The number of alkyl halides is 3. The Balaban J connectivity index is 2.39. The molecule has 0 radical (unpaired) electrons. The zero-order valence-corrected chi connectivity index (χ0v) is 9.31. The summed E-state index contributed by atoms with van der Waals surface area (Å²) in [4.78, 5) is 15.0. The maximum Gasteiger partial charge on any atom is 0.441 e. The Kier molecular flexibility index (Phi) is 4.62. The van der Waals surface area contributed by atoms with Crippen molar-refractivity contribution in [1.82, 2.24) is 10.3 Å². The third-order valence-corrected chi connectivity index (χ3v) is 2.39. The zero-order chi connectivity index (χ0) is 12.9. The minimum atomic E-state index is -4.31. The third kappa shape index (κ3) is 4.94. The Labute approximate surface area is 99.2 Å². The molecule has 0 aliphatic rings. The molecule has 0 aliphatic carbocycles. The predicted molar refractivity (Wildman–Crippen MR) is 56.7 cm³/mol. The van der Waals surface area contributed by atoms with Gasteiger partial charge in [-0.2, -0.15) is 13.2 Å². The summed E-state index contributed by atoms with van der Waals surface area (Å²) in [6, 6.07) is 2.71. The number of aromatic hydroxyl groups is 1. The highest BCUT2D eigenvalue weighted by Gasteiger charge is 2.27. The second kappa shape index (κ2) is 5.76. The van der Waals surface area contributed by atoms with Gasteiger partial charge in [0.1, 0.15) is 5.75 Å². The van der Waals surface area contributed by atoms with Gasteiger partial charge in [0.05, 0.1) is 0 Å². The van der Waals surface area contributed by atoms with Crippen LogP contribution in [0.3, 0.4) is 0 Å². The Hall–Kier alpha value is -1.44. The van der Waals surface area contributed by atoms with Crippen molar-refractivity contribution in [3.63, 3.8) is 0 Å². The fourth-order valence-corrected chi connectivity index (χ4v) is 1.42. The van der Waals surface area contributed by atoms with Crippen LogP contribution in [0.25, 0.3) is 0 Å². The minimum Gasteiger partial charge on any atom is -0.505 e. The number of amides is 1. The van der Waals surface area contributed by atoms with Crippen LogP contribution in [-0.4, -0.2) is 33.8 Å². The van der Waals surface area contributed by atoms with E-state index in [1.54, 1.807) is 0 Å². The number of carbonyl (C=O) groups is 1. The summed E-state index contributed by atoms with van der Waals surface area (Å²) < 4.78 is 35.3. The molecule has 0 aliphatic heterocycles. The first-order chi connectivity index (χ1) is 7.90. The SMILES string of the molecule is O=C(NCCSC(F)(F)F)c1ncccc1O. The van der Waals surface area contributed by atoms with E-state index in [4.69, 9.17) is 0 Å². The Morgan fingerprint density at radius 2 is 2.24 bits per heavy atom. The van der Waals surface area contributed by atoms with Gasteiger partial charge in [0.25, 0.3) is 5.91 Å². The lowest BCUT2D eigenvalue weighted by molar-refractivity contribution is -0.0327. The molecule has 1 heterocycles. The van der Waals surface area contributed by atoms with Gasteiger partial charge in [-0.3, -0.25) is 4.79 Å². The van der Waals surface area contributed by atoms with Gasteiger partial charge >= 0.3 is 5.51 Å². The number of nitrogens with zero attached hydrogens (tertiary/aromatic N) is 1. The molecule has 1 rings (SSSR count). The van der Waals surface area contributed by atoms with E-state index in [2.05, 4.69) is 10.3 Å². The Morgan fingerprint density at radius 1 is 1.53 bits per heavy atom. The molecule has 8 heteroatoms. The monoisotopic (exact) mass is 266 g/mol. The van der Waals surface area contributed by atoms with Gasteiger partial charge in [-0.25, -0.2) is 4.98 Å². The standard InChI is InChI=1S/C9H9F3N2O2S/c10-9(11,12)17-5-4-14-8(16)7-6(15)2-1-3-13-7/h1-3,15H,4-5H2,(H,14,16). The summed E-state index contributed by atoms with van der Waals surface area (Å²) in [7, 11) is 0. The van der Waals surface area contributed by atoms with Gasteiger partial charge in [-0.05, 0) is 23.9 Å². The smallest absolute Gasteiger partial charge is 0.441 e. The number of hydrogen-bond donors (Lipinski definition) is 2. The van der Waals surface area contributed by atoms with E-state index in [-0.39, 0.29) is 35.5 Å². The summed E-state index contributed by atoms with van der Waals surface area (Å²) in [6.45, 7) is -0.154. The molecule has 0 saturated heterocycles. The molecule has 1 aromatic rings. The van der Waals surface area contributed by atoms with E-state index in [1.165, 1.54) is 18.3 Å². The third-order valence-electron chi connectivity index (χ3n) is 1.65. The van der Waals surface area contributed by atoms with Gasteiger partial charge in [0.15, 0.2) is 5.69 Å². The van der Waals surface area contributed by atoms with Crippen LogP contribution in [0.5, 0.6) is 5.75 Å². The highest BCUT2D eigenvalue weighted by atomic mass is 32.2. The average Bonchev–Trinajstić information content (AvgIpc) is 2.23. The molecule has 0 aromatic carbocycles. The molecule has 0 fully saturated rings. The lowest BCUT2D eigenvalue weighted by Gasteiger charge is -2.07. The second-order valence-electron chi connectivity index (χ2n) is 2.92. The number of pyridine rings is 1. The molecule has 17 heavy (non-hydrogen) atoms. The van der Waals surface area contributed by atoms with Crippen LogP contribution < -0.4 is 5.32 Å².